The maximum Gasteiger partial charge on any atom is 0.254 e. The van der Waals surface area contributed by atoms with Gasteiger partial charge in [-0.25, -0.2) is 0 Å². The predicted octanol–water partition coefficient (Wildman–Crippen LogP) is 4.94. The minimum absolute atomic E-state index is 0.0988. The van der Waals surface area contributed by atoms with Gasteiger partial charge < -0.3 is 9.88 Å². The number of carbonyl (C=O) groups excluding carboxylic acids is 1. The van der Waals surface area contributed by atoms with Gasteiger partial charge in [-0.3, -0.25) is 4.79 Å². The van der Waals surface area contributed by atoms with Gasteiger partial charge >= 0.3 is 0 Å². The Morgan fingerprint density at radius 2 is 1.84 bits per heavy atom. The Hall–Kier alpha value is -3.46. The molecule has 32 heavy (non-hydrogen) atoms. The highest BCUT2D eigenvalue weighted by molar-refractivity contribution is 5.97. The summed E-state index contributed by atoms with van der Waals surface area (Å²) in [6.07, 6.45) is 7.11. The molecule has 0 bridgehead atoms. The molecule has 2 aliphatic rings. The zero-order valence-electron chi connectivity index (χ0n) is 18.3. The number of aromatic nitrogens is 3. The summed E-state index contributed by atoms with van der Waals surface area (Å²) in [5, 5.41) is 17.2. The summed E-state index contributed by atoms with van der Waals surface area (Å²) in [5.74, 6) is 1.81. The summed E-state index contributed by atoms with van der Waals surface area (Å²) in [6, 6.07) is 14.2. The lowest BCUT2D eigenvalue weighted by Gasteiger charge is -2.33. The van der Waals surface area contributed by atoms with Crippen molar-refractivity contribution in [2.24, 2.45) is 0 Å². The summed E-state index contributed by atoms with van der Waals surface area (Å²) < 4.78 is 0. The maximum absolute atomic E-state index is 13.5. The fourth-order valence-corrected chi connectivity index (χ4v) is 4.98. The van der Waals surface area contributed by atoms with Crippen molar-refractivity contribution in [3.8, 4) is 17.5 Å². The number of rotatable bonds is 4. The first-order valence-electron chi connectivity index (χ1n) is 11.4. The van der Waals surface area contributed by atoms with E-state index < -0.39 is 0 Å². The summed E-state index contributed by atoms with van der Waals surface area (Å²) in [5.41, 5.74) is 6.02. The molecule has 1 N–H and O–H groups in total. The van der Waals surface area contributed by atoms with Gasteiger partial charge in [0.15, 0.2) is 5.82 Å². The largest absolute Gasteiger partial charge is 0.339 e. The number of piperidine rings is 1. The van der Waals surface area contributed by atoms with E-state index in [2.05, 4.69) is 27.3 Å². The number of carbonyl (C=O) groups is 1. The molecule has 1 aromatic heterocycles. The first-order chi connectivity index (χ1) is 15.6. The second-order valence-corrected chi connectivity index (χ2v) is 9.02. The third kappa shape index (κ3) is 3.80. The zero-order valence-corrected chi connectivity index (χ0v) is 18.3. The van der Waals surface area contributed by atoms with Crippen molar-refractivity contribution in [2.75, 3.05) is 13.1 Å². The predicted molar refractivity (Wildman–Crippen MR) is 122 cm³/mol. The summed E-state index contributed by atoms with van der Waals surface area (Å²) in [4.78, 5) is 18.6. The molecule has 2 aromatic carbocycles. The first kappa shape index (κ1) is 20.4. The van der Waals surface area contributed by atoms with Crippen LogP contribution in [0.4, 0.5) is 0 Å². The molecular formula is C26H27N5O. The Morgan fingerprint density at radius 1 is 1.09 bits per heavy atom. The Kier molecular flexibility index (Phi) is 5.48. The van der Waals surface area contributed by atoms with Gasteiger partial charge in [0.05, 0.1) is 11.6 Å². The highest BCUT2D eigenvalue weighted by Gasteiger charge is 2.29. The maximum atomic E-state index is 13.5. The molecule has 0 unspecified atom stereocenters. The lowest BCUT2D eigenvalue weighted by molar-refractivity contribution is 0.0712. The molecule has 1 aliphatic heterocycles. The molecule has 162 valence electrons. The number of nitriles is 1. The van der Waals surface area contributed by atoms with Crippen LogP contribution in [-0.4, -0.2) is 39.1 Å². The van der Waals surface area contributed by atoms with Crippen molar-refractivity contribution in [3.63, 3.8) is 0 Å². The number of H-pyrrole nitrogens is 1. The lowest BCUT2D eigenvalue weighted by atomic mass is 9.77. The van der Waals surface area contributed by atoms with Crippen molar-refractivity contribution >= 4 is 5.91 Å². The molecule has 0 radical (unpaired) electrons. The van der Waals surface area contributed by atoms with E-state index in [1.165, 1.54) is 30.4 Å². The number of nitrogens with one attached hydrogen (secondary N) is 1. The van der Waals surface area contributed by atoms with E-state index in [4.69, 9.17) is 5.26 Å². The van der Waals surface area contributed by atoms with E-state index in [1.54, 1.807) is 6.33 Å². The Labute approximate surface area is 188 Å². The molecule has 1 amide bonds. The molecule has 2 fully saturated rings. The van der Waals surface area contributed by atoms with Crippen LogP contribution in [0.25, 0.3) is 11.4 Å². The van der Waals surface area contributed by atoms with E-state index in [-0.39, 0.29) is 5.91 Å². The zero-order chi connectivity index (χ0) is 22.1. The van der Waals surface area contributed by atoms with Gasteiger partial charge in [-0.1, -0.05) is 24.6 Å². The summed E-state index contributed by atoms with van der Waals surface area (Å²) >= 11 is 0. The highest BCUT2D eigenvalue weighted by Crippen LogP contribution is 2.41. The van der Waals surface area contributed by atoms with Crippen molar-refractivity contribution < 1.29 is 4.79 Å². The van der Waals surface area contributed by atoms with Crippen LogP contribution in [0.1, 0.15) is 76.6 Å². The minimum atomic E-state index is 0.0988. The standard InChI is InChI=1S/C26H27N5O/c1-17-13-23(21-3-2-4-21)24(25-28-16-29-30-25)14-22(17)26(32)31-11-9-20(10-12-31)19-7-5-18(15-27)6-8-19/h5-8,13-14,16,20-21H,2-4,9-12H2,1H3,(H,28,29,30). The second kappa shape index (κ2) is 8.58. The van der Waals surface area contributed by atoms with E-state index in [0.29, 0.717) is 17.4 Å². The van der Waals surface area contributed by atoms with Crippen LogP contribution >= 0.6 is 0 Å². The minimum Gasteiger partial charge on any atom is -0.339 e. The fourth-order valence-electron chi connectivity index (χ4n) is 4.98. The molecular weight excluding hydrogens is 398 g/mol. The van der Waals surface area contributed by atoms with Gasteiger partial charge in [0.2, 0.25) is 0 Å². The van der Waals surface area contributed by atoms with Gasteiger partial charge in [0, 0.05) is 24.2 Å². The number of aryl methyl sites for hydroxylation is 1. The van der Waals surface area contributed by atoms with Crippen molar-refractivity contribution in [3.05, 3.63) is 70.5 Å². The SMILES string of the molecule is Cc1cc(C2CCC2)c(-c2nnc[nH]2)cc1C(=O)N1CCC(c2ccc(C#N)cc2)CC1. The molecule has 0 atom stereocenters. The quantitative estimate of drug-likeness (QED) is 0.642. The van der Waals surface area contributed by atoms with Crippen molar-refractivity contribution in [2.45, 2.75) is 50.9 Å². The van der Waals surface area contributed by atoms with Crippen molar-refractivity contribution in [1.29, 1.82) is 5.26 Å². The molecule has 0 spiro atoms. The van der Waals surface area contributed by atoms with E-state index in [0.717, 1.165) is 48.4 Å². The van der Waals surface area contributed by atoms with Gasteiger partial charge in [-0.05, 0) is 79.3 Å². The fraction of sp³-hybridized carbons (Fsp3) is 0.385. The number of hydrogen-bond acceptors (Lipinski definition) is 4. The average Bonchev–Trinajstić information content (AvgIpc) is 3.33. The number of amides is 1. The van der Waals surface area contributed by atoms with Crippen LogP contribution in [-0.2, 0) is 0 Å². The van der Waals surface area contributed by atoms with Crippen molar-refractivity contribution in [1.82, 2.24) is 20.1 Å². The molecule has 6 heteroatoms. The third-order valence-electron chi connectivity index (χ3n) is 7.14. The van der Waals surface area contributed by atoms with Crippen LogP contribution in [0.2, 0.25) is 0 Å². The number of likely N-dealkylation sites (tertiary alicyclic amines) is 1. The average molecular weight is 426 g/mol. The molecule has 6 nitrogen and oxygen atoms in total. The Morgan fingerprint density at radius 3 is 2.44 bits per heavy atom. The third-order valence-corrected chi connectivity index (χ3v) is 7.14. The topological polar surface area (TPSA) is 85.7 Å². The van der Waals surface area contributed by atoms with E-state index >= 15 is 0 Å². The molecule has 3 aromatic rings. The lowest BCUT2D eigenvalue weighted by Crippen LogP contribution is -2.38. The molecule has 1 saturated heterocycles. The number of benzene rings is 2. The highest BCUT2D eigenvalue weighted by atomic mass is 16.2. The number of aromatic amines is 1. The normalized spacial score (nSPS) is 17.1. The van der Waals surface area contributed by atoms with Gasteiger partial charge in [0.25, 0.3) is 5.91 Å². The Balaban J connectivity index is 1.35. The van der Waals surface area contributed by atoms with Gasteiger partial charge in [-0.2, -0.15) is 5.26 Å². The summed E-state index contributed by atoms with van der Waals surface area (Å²) in [6.45, 7) is 3.53. The monoisotopic (exact) mass is 425 g/mol. The van der Waals surface area contributed by atoms with E-state index in [9.17, 15) is 4.79 Å². The van der Waals surface area contributed by atoms with Crippen LogP contribution in [0.15, 0.2) is 42.7 Å². The van der Waals surface area contributed by atoms with Gasteiger partial charge in [-0.15, -0.1) is 10.2 Å². The molecule has 2 heterocycles. The van der Waals surface area contributed by atoms with E-state index in [1.807, 2.05) is 42.2 Å². The number of nitrogens with zero attached hydrogens (tertiary/aromatic N) is 4. The molecule has 1 aliphatic carbocycles. The van der Waals surface area contributed by atoms with Crippen LogP contribution in [0.3, 0.4) is 0 Å². The molecule has 1 saturated carbocycles. The van der Waals surface area contributed by atoms with Crippen LogP contribution < -0.4 is 0 Å². The smallest absolute Gasteiger partial charge is 0.254 e. The van der Waals surface area contributed by atoms with Gasteiger partial charge in [0.1, 0.15) is 6.33 Å². The molecule has 5 rings (SSSR count). The summed E-state index contributed by atoms with van der Waals surface area (Å²) in [7, 11) is 0. The second-order valence-electron chi connectivity index (χ2n) is 9.02. The van der Waals surface area contributed by atoms with Crippen LogP contribution in [0.5, 0.6) is 0 Å². The van der Waals surface area contributed by atoms with Crippen LogP contribution in [0, 0.1) is 18.3 Å². The number of hydrogen-bond donors (Lipinski definition) is 1. The first-order valence-corrected chi connectivity index (χ1v) is 11.4. The Bertz CT molecular complexity index is 1150.